The van der Waals surface area contributed by atoms with Gasteiger partial charge in [-0.05, 0) is 44.6 Å². The first-order valence-corrected chi connectivity index (χ1v) is 16.6. The highest BCUT2D eigenvalue weighted by Gasteiger charge is 2.32. The zero-order valence-electron chi connectivity index (χ0n) is 29.4. The average Bonchev–Trinajstić information content (AvgIpc) is 3.53. The minimum atomic E-state index is -1.26. The molecule has 5 amide bonds. The zero-order valence-corrected chi connectivity index (χ0v) is 29.4. The number of aromatic nitrogens is 2. The van der Waals surface area contributed by atoms with Crippen molar-refractivity contribution >= 4 is 29.9 Å². The van der Waals surface area contributed by atoms with Crippen LogP contribution in [0.5, 0.6) is 0 Å². The minimum Gasteiger partial charge on any atom is -0.480 e. The molecule has 1 heterocycles. The van der Waals surface area contributed by atoms with Gasteiger partial charge >= 0.3 is 18.1 Å². The fourth-order valence-corrected chi connectivity index (χ4v) is 4.92. The number of alkyl carbamates (subject to hydrolysis) is 1. The number of H-pyrrole nitrogens is 1. The van der Waals surface area contributed by atoms with Crippen LogP contribution in [0.1, 0.15) is 72.6 Å². The van der Waals surface area contributed by atoms with Crippen LogP contribution < -0.4 is 26.6 Å². The van der Waals surface area contributed by atoms with Gasteiger partial charge in [-0.1, -0.05) is 64.4 Å². The van der Waals surface area contributed by atoms with E-state index in [1.807, 2.05) is 39.0 Å². The maximum Gasteiger partial charge on any atom is 0.408 e. The van der Waals surface area contributed by atoms with Gasteiger partial charge in [0.2, 0.25) is 11.8 Å². The van der Waals surface area contributed by atoms with Crippen molar-refractivity contribution in [2.24, 2.45) is 11.8 Å². The highest BCUT2D eigenvalue weighted by atomic mass is 16.6. The minimum absolute atomic E-state index is 0.0110. The molecule has 15 nitrogen and oxygen atoms in total. The van der Waals surface area contributed by atoms with Gasteiger partial charge in [-0.2, -0.15) is 0 Å². The van der Waals surface area contributed by atoms with Crippen LogP contribution in [0.4, 0.5) is 9.59 Å². The second kappa shape index (κ2) is 19.4. The lowest BCUT2D eigenvalue weighted by Crippen LogP contribution is -2.58. The van der Waals surface area contributed by atoms with E-state index < -0.39 is 65.8 Å². The molecule has 272 valence electrons. The number of nitrogens with zero attached hydrogens (tertiary/aromatic N) is 1. The Balaban J connectivity index is 2.24. The SMILES string of the molecule is CC[C@H](C)[C@H](NC(=O)NCC(O)[C@H](CC(C)C)NC(=O)[C@H](Cc1c[nH]cn1)NC(=O)[C@H](Cc1ccccc1)NC(=O)OC(C)(C)C)C(=O)O. The maximum atomic E-state index is 13.8. The van der Waals surface area contributed by atoms with E-state index in [-0.39, 0.29) is 31.2 Å². The molecular weight excluding hydrogens is 634 g/mol. The molecule has 15 heteroatoms. The van der Waals surface area contributed by atoms with Gasteiger partial charge in [0.1, 0.15) is 23.7 Å². The molecule has 0 spiro atoms. The maximum absolute atomic E-state index is 13.8. The Morgan fingerprint density at radius 3 is 2.10 bits per heavy atom. The highest BCUT2D eigenvalue weighted by molar-refractivity contribution is 5.91. The number of urea groups is 1. The van der Waals surface area contributed by atoms with Crippen LogP contribution in [0, 0.1) is 11.8 Å². The number of aliphatic hydroxyl groups excluding tert-OH is 1. The Hall–Kier alpha value is -4.66. The Labute approximate surface area is 287 Å². The molecule has 1 aromatic heterocycles. The first-order chi connectivity index (χ1) is 23.0. The molecule has 8 N–H and O–H groups in total. The lowest BCUT2D eigenvalue weighted by atomic mass is 9.98. The molecule has 0 fully saturated rings. The highest BCUT2D eigenvalue weighted by Crippen LogP contribution is 2.12. The average molecular weight is 688 g/mol. The number of hydrogen-bond acceptors (Lipinski definition) is 8. The van der Waals surface area contributed by atoms with Gasteiger partial charge in [-0.15, -0.1) is 0 Å². The monoisotopic (exact) mass is 687 g/mol. The number of imidazole rings is 1. The van der Waals surface area contributed by atoms with E-state index in [2.05, 4.69) is 36.6 Å². The predicted molar refractivity (Wildman–Crippen MR) is 182 cm³/mol. The van der Waals surface area contributed by atoms with Gasteiger partial charge in [0.15, 0.2) is 0 Å². The Morgan fingerprint density at radius 2 is 1.55 bits per heavy atom. The number of carboxylic acids is 1. The number of carbonyl (C=O) groups excluding carboxylic acids is 4. The Bertz CT molecular complexity index is 1350. The number of aromatic amines is 1. The fourth-order valence-electron chi connectivity index (χ4n) is 4.92. The van der Waals surface area contributed by atoms with E-state index in [9.17, 15) is 34.2 Å². The molecule has 0 aliphatic rings. The standard InChI is InChI=1S/C34H53N7O8/c1-8-21(4)28(31(45)46)41-32(47)36-18-27(42)24(14-20(2)3)38-30(44)26(16-23-17-35-19-37-23)39-29(43)25(15-22-12-10-9-11-13-22)40-33(48)49-34(5,6)7/h9-13,17,19-21,24-28,42H,8,14-16,18H2,1-7H3,(H,35,37)(H,38,44)(H,39,43)(H,40,48)(H,45,46)(H2,36,41,47)/t21-,24-,25-,26-,27?,28-/m0/s1. The number of benzene rings is 1. The van der Waals surface area contributed by atoms with E-state index in [4.69, 9.17) is 4.74 Å². The number of carboxylic acid groups (broad SMARTS) is 1. The second-order valence-corrected chi connectivity index (χ2v) is 13.6. The molecule has 2 aromatic rings. The molecule has 0 saturated heterocycles. The molecule has 0 bridgehead atoms. The van der Waals surface area contributed by atoms with E-state index in [1.54, 1.807) is 46.0 Å². The predicted octanol–water partition coefficient (Wildman–Crippen LogP) is 2.26. The van der Waals surface area contributed by atoms with Crippen molar-refractivity contribution in [3.05, 3.63) is 54.1 Å². The summed E-state index contributed by atoms with van der Waals surface area (Å²) in [6.07, 6.45) is 1.92. The number of aliphatic hydroxyl groups is 1. The van der Waals surface area contributed by atoms with Crippen LogP contribution in [-0.2, 0) is 32.0 Å². The summed E-state index contributed by atoms with van der Waals surface area (Å²) in [4.78, 5) is 71.4. The Morgan fingerprint density at radius 1 is 0.918 bits per heavy atom. The molecule has 0 aliphatic carbocycles. The number of amides is 5. The van der Waals surface area contributed by atoms with Crippen molar-refractivity contribution in [3.63, 3.8) is 0 Å². The van der Waals surface area contributed by atoms with Gasteiger partial charge in [0, 0.05) is 25.6 Å². The summed E-state index contributed by atoms with van der Waals surface area (Å²) < 4.78 is 5.38. The van der Waals surface area contributed by atoms with Crippen LogP contribution in [0.15, 0.2) is 42.9 Å². The second-order valence-electron chi connectivity index (χ2n) is 13.6. The molecule has 6 atom stereocenters. The van der Waals surface area contributed by atoms with Crippen LogP contribution in [0.3, 0.4) is 0 Å². The summed E-state index contributed by atoms with van der Waals surface area (Å²) in [6, 6.07) is 4.05. The summed E-state index contributed by atoms with van der Waals surface area (Å²) in [5.41, 5.74) is 0.435. The van der Waals surface area contributed by atoms with Gasteiger partial charge in [0.05, 0.1) is 24.2 Å². The molecule has 49 heavy (non-hydrogen) atoms. The quantitative estimate of drug-likeness (QED) is 0.115. The number of ether oxygens (including phenoxy) is 1. The van der Waals surface area contributed by atoms with Crippen molar-refractivity contribution in [1.29, 1.82) is 0 Å². The van der Waals surface area contributed by atoms with Crippen LogP contribution in [0.2, 0.25) is 0 Å². The lowest BCUT2D eigenvalue weighted by molar-refractivity contribution is -0.140. The Kier molecular flexibility index (Phi) is 16.0. The molecule has 0 radical (unpaired) electrons. The molecule has 0 saturated carbocycles. The molecular formula is C34H53N7O8. The number of carbonyl (C=O) groups is 5. The summed E-state index contributed by atoms with van der Waals surface area (Å²) in [5, 5.41) is 33.7. The van der Waals surface area contributed by atoms with Gasteiger partial charge in [-0.3, -0.25) is 9.59 Å². The number of nitrogens with one attached hydrogen (secondary N) is 6. The van der Waals surface area contributed by atoms with Gasteiger partial charge < -0.3 is 46.5 Å². The van der Waals surface area contributed by atoms with Gasteiger partial charge in [0.25, 0.3) is 0 Å². The van der Waals surface area contributed by atoms with E-state index in [0.717, 1.165) is 5.56 Å². The van der Waals surface area contributed by atoms with Gasteiger partial charge in [-0.25, -0.2) is 19.4 Å². The molecule has 1 aromatic carbocycles. The number of hydrogen-bond donors (Lipinski definition) is 8. The van der Waals surface area contributed by atoms with Crippen LogP contribution in [-0.4, -0.2) is 92.5 Å². The van der Waals surface area contributed by atoms with Crippen molar-refractivity contribution in [1.82, 2.24) is 36.6 Å². The third kappa shape index (κ3) is 15.0. The number of aliphatic carboxylic acids is 1. The molecule has 1 unspecified atom stereocenters. The third-order valence-corrected chi connectivity index (χ3v) is 7.65. The molecule has 2 rings (SSSR count). The van der Waals surface area contributed by atoms with E-state index in [0.29, 0.717) is 18.5 Å². The summed E-state index contributed by atoms with van der Waals surface area (Å²) >= 11 is 0. The van der Waals surface area contributed by atoms with Crippen molar-refractivity contribution in [2.75, 3.05) is 6.54 Å². The topological polar surface area (TPSA) is 224 Å². The summed E-state index contributed by atoms with van der Waals surface area (Å²) in [6.45, 7) is 12.1. The van der Waals surface area contributed by atoms with Crippen LogP contribution >= 0.6 is 0 Å². The van der Waals surface area contributed by atoms with E-state index >= 15 is 0 Å². The normalized spacial score (nSPS) is 15.1. The summed E-state index contributed by atoms with van der Waals surface area (Å²) in [7, 11) is 0. The van der Waals surface area contributed by atoms with Crippen LogP contribution in [0.25, 0.3) is 0 Å². The first kappa shape index (κ1) is 40.5. The summed E-state index contributed by atoms with van der Waals surface area (Å²) in [5.74, 6) is -2.74. The smallest absolute Gasteiger partial charge is 0.408 e. The fraction of sp³-hybridized carbons (Fsp3) is 0.588. The van der Waals surface area contributed by atoms with Crippen molar-refractivity contribution < 1.29 is 38.9 Å². The first-order valence-electron chi connectivity index (χ1n) is 16.6. The largest absolute Gasteiger partial charge is 0.480 e. The lowest BCUT2D eigenvalue weighted by Gasteiger charge is -2.29. The third-order valence-electron chi connectivity index (χ3n) is 7.65. The van der Waals surface area contributed by atoms with E-state index in [1.165, 1.54) is 6.33 Å². The van der Waals surface area contributed by atoms with Crippen molar-refractivity contribution in [3.8, 4) is 0 Å². The number of rotatable bonds is 18. The molecule has 0 aliphatic heterocycles. The zero-order chi connectivity index (χ0) is 36.7. The van der Waals surface area contributed by atoms with Crippen molar-refractivity contribution in [2.45, 2.75) is 110 Å².